The lowest BCUT2D eigenvalue weighted by Gasteiger charge is -2.09. The molecule has 0 unspecified atom stereocenters. The van der Waals surface area contributed by atoms with Crippen LogP contribution in [0.15, 0.2) is 0 Å². The van der Waals surface area contributed by atoms with E-state index in [4.69, 9.17) is 44.9 Å². The molecule has 0 saturated heterocycles. The topological polar surface area (TPSA) is 17.1 Å². The van der Waals surface area contributed by atoms with Crippen LogP contribution in [0, 0.1) is 0 Å². The molecular weight excluding hydrogens is 233 g/mol. The molecule has 0 N–H and O–H groups in total. The number of alkyl halides is 3. The Labute approximate surface area is 83.2 Å². The summed E-state index contributed by atoms with van der Waals surface area (Å²) < 4.78 is -2.24. The molecule has 0 heterocycles. The van der Waals surface area contributed by atoms with E-state index in [9.17, 15) is 4.79 Å². The first kappa shape index (κ1) is 11.4. The smallest absolute Gasteiger partial charge is 0.314 e. The van der Waals surface area contributed by atoms with E-state index >= 15 is 0 Å². The van der Waals surface area contributed by atoms with Crippen molar-refractivity contribution in [1.29, 1.82) is 0 Å². The van der Waals surface area contributed by atoms with Gasteiger partial charge in [-0.15, -0.1) is 0 Å². The highest BCUT2D eigenvalue weighted by Crippen LogP contribution is 2.29. The van der Waals surface area contributed by atoms with E-state index in [1.807, 2.05) is 0 Å². The van der Waals surface area contributed by atoms with Gasteiger partial charge >= 0.3 is 13.2 Å². The van der Waals surface area contributed by atoms with E-state index in [2.05, 4.69) is 0 Å². The standard InChI is InChI=1S/C2Cl3O.C2H5.Al.ClH/c3-2(4,5)1-6;1-2;;/h;1H2,2H3;;1H/q;;+1;/p-1. The van der Waals surface area contributed by atoms with E-state index in [0.29, 0.717) is 5.28 Å². The molecule has 1 nitrogen and oxygen atoms in total. The van der Waals surface area contributed by atoms with Crippen LogP contribution in [0.3, 0.4) is 0 Å². The molecule has 0 aliphatic carbocycles. The third-order valence-corrected chi connectivity index (χ3v) is 5.27. The van der Waals surface area contributed by atoms with Crippen molar-refractivity contribution in [2.24, 2.45) is 0 Å². The summed E-state index contributed by atoms with van der Waals surface area (Å²) in [5.74, 6) is 0. The van der Waals surface area contributed by atoms with E-state index in [-0.39, 0.29) is 0 Å². The third-order valence-electron chi connectivity index (χ3n) is 0.922. The van der Waals surface area contributed by atoms with Crippen molar-refractivity contribution in [1.82, 2.24) is 0 Å². The molecule has 58 valence electrons. The summed E-state index contributed by atoms with van der Waals surface area (Å²) >= 11 is 13.9. The van der Waals surface area contributed by atoms with Crippen LogP contribution in [0.2, 0.25) is 5.28 Å². The van der Waals surface area contributed by atoms with Crippen LogP contribution in [-0.4, -0.2) is 21.7 Å². The van der Waals surface area contributed by atoms with Crippen LogP contribution in [0.1, 0.15) is 6.92 Å². The Hall–Kier alpha value is 1.36. The van der Waals surface area contributed by atoms with Gasteiger partial charge in [-0.2, -0.15) is 0 Å². The second-order valence-corrected chi connectivity index (χ2v) is 7.88. The Morgan fingerprint density at radius 3 is 2.00 bits per heavy atom. The van der Waals surface area contributed by atoms with E-state index in [1.165, 1.54) is 0 Å². The third kappa shape index (κ3) is 3.67. The molecule has 0 aromatic carbocycles. The van der Waals surface area contributed by atoms with Gasteiger partial charge in [0.05, 0.1) is 0 Å². The maximum atomic E-state index is 10.9. The van der Waals surface area contributed by atoms with Gasteiger partial charge in [0.1, 0.15) is 4.65 Å². The average molecular weight is 238 g/mol. The van der Waals surface area contributed by atoms with Gasteiger partial charge in [-0.1, -0.05) is 47.0 Å². The first-order valence-corrected chi connectivity index (χ1v) is 6.92. The number of rotatable bonds is 2. The van der Waals surface area contributed by atoms with Crippen molar-refractivity contribution >= 4 is 62.7 Å². The second-order valence-electron chi connectivity index (χ2n) is 1.74. The van der Waals surface area contributed by atoms with E-state index in [1.54, 1.807) is 6.92 Å². The molecule has 10 heavy (non-hydrogen) atoms. The van der Waals surface area contributed by atoms with Gasteiger partial charge in [-0.25, -0.2) is 10.0 Å². The van der Waals surface area contributed by atoms with Gasteiger partial charge in [0.25, 0.3) is 0 Å². The molecule has 0 aliphatic heterocycles. The van der Waals surface area contributed by atoms with Gasteiger partial charge in [0, 0.05) is 0 Å². The van der Waals surface area contributed by atoms with Gasteiger partial charge in [0.15, 0.2) is 0 Å². The summed E-state index contributed by atoms with van der Waals surface area (Å²) in [5, 5.41) is 0.605. The summed E-state index contributed by atoms with van der Waals surface area (Å²) in [6.07, 6.45) is 0. The summed E-state index contributed by atoms with van der Waals surface area (Å²) in [6.45, 7) is 1.80. The lowest BCUT2D eigenvalue weighted by atomic mass is 10.9. The SMILES string of the molecule is C[CH2][Al]([Cl])[C](=O)C(Cl)(Cl)Cl. The van der Waals surface area contributed by atoms with Crippen LogP contribution >= 0.6 is 44.9 Å². The molecule has 0 saturated carbocycles. The van der Waals surface area contributed by atoms with E-state index < -0.39 is 21.7 Å². The second kappa shape index (κ2) is 4.40. The zero-order valence-corrected chi connectivity index (χ0v) is 9.38. The molecule has 0 fully saturated rings. The fraction of sp³-hybridized carbons (Fsp3) is 0.750. The molecule has 0 radical (unpaired) electrons. The molecule has 0 aromatic rings. The molecule has 0 aliphatic rings. The zero-order chi connectivity index (χ0) is 8.36. The number of hydrogen-bond acceptors (Lipinski definition) is 1. The predicted octanol–water partition coefficient (Wildman–Crippen LogP) is 2.72. The highest BCUT2D eigenvalue weighted by Gasteiger charge is 2.38. The first-order valence-electron chi connectivity index (χ1n) is 2.64. The molecule has 0 atom stereocenters. The molecule has 6 heteroatoms. The minimum atomic E-state index is -1.96. The Morgan fingerprint density at radius 1 is 1.50 bits per heavy atom. The molecule has 0 rings (SSSR count). The summed E-state index contributed by atoms with van der Waals surface area (Å²) in [5.41, 5.74) is 0. The first-order chi connectivity index (χ1) is 4.39. The quantitative estimate of drug-likeness (QED) is 0.533. The Morgan fingerprint density at radius 2 is 1.90 bits per heavy atom. The Balaban J connectivity index is 4.09. The van der Waals surface area contributed by atoms with Crippen LogP contribution in [-0.2, 0) is 4.79 Å². The maximum absolute atomic E-state index is 10.9. The van der Waals surface area contributed by atoms with Gasteiger partial charge in [0.2, 0.25) is 3.79 Å². The Bertz CT molecular complexity index is 132. The lowest BCUT2D eigenvalue weighted by Crippen LogP contribution is -2.31. The van der Waals surface area contributed by atoms with Crippen molar-refractivity contribution in [3.05, 3.63) is 0 Å². The van der Waals surface area contributed by atoms with Crippen LogP contribution in [0.4, 0.5) is 0 Å². The minimum Gasteiger partial charge on any atom is -0.314 e. The summed E-state index contributed by atoms with van der Waals surface area (Å²) in [7, 11) is 5.64. The minimum absolute atomic E-state index is 0.429. The fourth-order valence-electron chi connectivity index (χ4n) is 0.363. The van der Waals surface area contributed by atoms with Crippen LogP contribution in [0.25, 0.3) is 0 Å². The normalized spacial score (nSPS) is 11.3. The number of halogens is 4. The number of hydrogen-bond donors (Lipinski definition) is 0. The monoisotopic (exact) mass is 236 g/mol. The molecule has 0 aromatic heterocycles. The maximum Gasteiger partial charge on any atom is 0.497 e. The van der Waals surface area contributed by atoms with Crippen LogP contribution < -0.4 is 0 Å². The van der Waals surface area contributed by atoms with Crippen molar-refractivity contribution in [2.75, 3.05) is 0 Å². The number of carbonyl (C=O) groups excluding carboxylic acids is 1. The van der Waals surface area contributed by atoms with Gasteiger partial charge < -0.3 is 4.79 Å². The van der Waals surface area contributed by atoms with Crippen LogP contribution in [0.5, 0.6) is 0 Å². The highest BCUT2D eigenvalue weighted by atomic mass is 35.6. The molecule has 0 spiro atoms. The number of carbonyl (C=O) groups is 1. The Kier molecular flexibility index (Phi) is 5.00. The average Bonchev–Trinajstić information content (AvgIpc) is 1.83. The van der Waals surface area contributed by atoms with Crippen molar-refractivity contribution < 1.29 is 4.79 Å². The largest absolute Gasteiger partial charge is 0.497 e. The molecular formula is C4H5AlCl4O. The zero-order valence-electron chi connectivity index (χ0n) is 5.20. The predicted molar refractivity (Wildman–Crippen MR) is 47.4 cm³/mol. The van der Waals surface area contributed by atoms with Crippen molar-refractivity contribution in [2.45, 2.75) is 16.0 Å². The van der Waals surface area contributed by atoms with Crippen molar-refractivity contribution in [3.8, 4) is 0 Å². The van der Waals surface area contributed by atoms with E-state index in [0.717, 1.165) is 0 Å². The molecule has 0 bridgehead atoms. The van der Waals surface area contributed by atoms with Crippen molar-refractivity contribution in [3.63, 3.8) is 0 Å². The van der Waals surface area contributed by atoms with Gasteiger partial charge in [-0.05, 0) is 0 Å². The summed E-state index contributed by atoms with van der Waals surface area (Å²) in [6, 6.07) is 0. The highest BCUT2D eigenvalue weighted by molar-refractivity contribution is 7.26. The van der Waals surface area contributed by atoms with Gasteiger partial charge in [-0.3, -0.25) is 0 Å². The fourth-order valence-corrected chi connectivity index (χ4v) is 3.27. The lowest BCUT2D eigenvalue weighted by molar-refractivity contribution is -0.111. The summed E-state index contributed by atoms with van der Waals surface area (Å²) in [4.78, 5) is 10.9. The molecule has 0 amide bonds.